The van der Waals surface area contributed by atoms with E-state index in [1.165, 1.54) is 12.1 Å². The topological polar surface area (TPSA) is 17.1 Å². The number of aryl methyl sites for hydroxylation is 2. The maximum atomic E-state index is 12.4. The molecular weight excluding hydrogens is 205 g/mol. The summed E-state index contributed by atoms with van der Waals surface area (Å²) in [5.74, 6) is -2.02. The molecule has 1 rings (SSSR count). The molecule has 0 radical (unpaired) electrons. The SMILES string of the molecule is Cc1cc(C)cc(C(C=O)C(F)(F)F)c1. The largest absolute Gasteiger partial charge is 0.402 e. The van der Waals surface area contributed by atoms with Gasteiger partial charge in [-0.25, -0.2) is 0 Å². The van der Waals surface area contributed by atoms with Gasteiger partial charge in [0, 0.05) is 0 Å². The number of hydrogen-bond acceptors (Lipinski definition) is 1. The zero-order chi connectivity index (χ0) is 11.6. The fourth-order valence-electron chi connectivity index (χ4n) is 1.53. The van der Waals surface area contributed by atoms with Crippen LogP contribution in [0.1, 0.15) is 22.6 Å². The van der Waals surface area contributed by atoms with Crippen molar-refractivity contribution in [3.63, 3.8) is 0 Å². The second kappa shape index (κ2) is 4.04. The first-order chi connectivity index (χ1) is 6.84. The Hall–Kier alpha value is -1.32. The van der Waals surface area contributed by atoms with Crippen LogP contribution in [0.25, 0.3) is 0 Å². The van der Waals surface area contributed by atoms with Crippen LogP contribution in [0.15, 0.2) is 18.2 Å². The van der Waals surface area contributed by atoms with Crippen LogP contribution in [0.4, 0.5) is 13.2 Å². The van der Waals surface area contributed by atoms with Crippen molar-refractivity contribution in [1.29, 1.82) is 0 Å². The first kappa shape index (κ1) is 11.8. The lowest BCUT2D eigenvalue weighted by molar-refractivity contribution is -0.155. The van der Waals surface area contributed by atoms with Crippen LogP contribution in [-0.4, -0.2) is 12.5 Å². The molecule has 0 heterocycles. The molecular formula is C11H11F3O. The zero-order valence-corrected chi connectivity index (χ0v) is 8.43. The van der Waals surface area contributed by atoms with Crippen molar-refractivity contribution in [2.75, 3.05) is 0 Å². The normalized spacial score (nSPS) is 13.7. The maximum Gasteiger partial charge on any atom is 0.402 e. The Bertz CT molecular complexity index is 348. The van der Waals surface area contributed by atoms with Crippen LogP contribution in [0.5, 0.6) is 0 Å². The van der Waals surface area contributed by atoms with Crippen LogP contribution in [0, 0.1) is 13.8 Å². The van der Waals surface area contributed by atoms with Crippen LogP contribution in [0.3, 0.4) is 0 Å². The molecule has 1 unspecified atom stereocenters. The number of hydrogen-bond donors (Lipinski definition) is 0. The highest BCUT2D eigenvalue weighted by atomic mass is 19.4. The number of halogens is 3. The van der Waals surface area contributed by atoms with Crippen molar-refractivity contribution in [2.45, 2.75) is 25.9 Å². The lowest BCUT2D eigenvalue weighted by Crippen LogP contribution is -2.22. The fourth-order valence-corrected chi connectivity index (χ4v) is 1.53. The van der Waals surface area contributed by atoms with Crippen molar-refractivity contribution in [2.24, 2.45) is 0 Å². The molecule has 82 valence electrons. The second-order valence-corrected chi connectivity index (χ2v) is 3.58. The predicted molar refractivity (Wildman–Crippen MR) is 50.8 cm³/mol. The van der Waals surface area contributed by atoms with E-state index in [2.05, 4.69) is 0 Å². The molecule has 1 aromatic rings. The van der Waals surface area contributed by atoms with Gasteiger partial charge in [-0.3, -0.25) is 0 Å². The molecule has 0 fully saturated rings. The molecule has 0 spiro atoms. The Labute approximate surface area is 85.9 Å². The molecule has 0 aliphatic heterocycles. The van der Waals surface area contributed by atoms with Crippen molar-refractivity contribution in [3.8, 4) is 0 Å². The van der Waals surface area contributed by atoms with Gasteiger partial charge in [-0.2, -0.15) is 13.2 Å². The summed E-state index contributed by atoms with van der Waals surface area (Å²) < 4.78 is 37.3. The Morgan fingerprint density at radius 3 is 1.93 bits per heavy atom. The van der Waals surface area contributed by atoms with E-state index < -0.39 is 12.1 Å². The Morgan fingerprint density at radius 2 is 1.60 bits per heavy atom. The van der Waals surface area contributed by atoms with E-state index in [1.54, 1.807) is 19.9 Å². The van der Waals surface area contributed by atoms with Gasteiger partial charge in [-0.1, -0.05) is 29.3 Å². The van der Waals surface area contributed by atoms with E-state index in [0.29, 0.717) is 0 Å². The Kier molecular flexibility index (Phi) is 3.17. The number of alkyl halides is 3. The minimum Gasteiger partial charge on any atom is -0.302 e. The van der Waals surface area contributed by atoms with Crippen molar-refractivity contribution >= 4 is 6.29 Å². The molecule has 0 amide bonds. The summed E-state index contributed by atoms with van der Waals surface area (Å²) in [6, 6.07) is 4.54. The first-order valence-electron chi connectivity index (χ1n) is 4.45. The van der Waals surface area contributed by atoms with Gasteiger partial charge in [0.1, 0.15) is 12.2 Å². The Morgan fingerprint density at radius 1 is 1.13 bits per heavy atom. The third-order valence-electron chi connectivity index (χ3n) is 2.09. The van der Waals surface area contributed by atoms with Crippen LogP contribution in [-0.2, 0) is 4.79 Å². The average Bonchev–Trinajstić information content (AvgIpc) is 1.99. The number of aldehydes is 1. The second-order valence-electron chi connectivity index (χ2n) is 3.58. The first-order valence-corrected chi connectivity index (χ1v) is 4.45. The molecule has 0 saturated carbocycles. The van der Waals surface area contributed by atoms with Gasteiger partial charge in [0.2, 0.25) is 0 Å². The van der Waals surface area contributed by atoms with Crippen LogP contribution in [0.2, 0.25) is 0 Å². The van der Waals surface area contributed by atoms with E-state index in [4.69, 9.17) is 0 Å². The average molecular weight is 216 g/mol. The van der Waals surface area contributed by atoms with Gasteiger partial charge in [-0.05, 0) is 19.4 Å². The monoisotopic (exact) mass is 216 g/mol. The van der Waals surface area contributed by atoms with Crippen molar-refractivity contribution in [1.82, 2.24) is 0 Å². The van der Waals surface area contributed by atoms with Gasteiger partial charge >= 0.3 is 6.18 Å². The highest BCUT2D eigenvalue weighted by Crippen LogP contribution is 2.33. The van der Waals surface area contributed by atoms with E-state index in [9.17, 15) is 18.0 Å². The van der Waals surface area contributed by atoms with Gasteiger partial charge in [0.15, 0.2) is 0 Å². The highest BCUT2D eigenvalue weighted by molar-refractivity contribution is 5.64. The van der Waals surface area contributed by atoms with Gasteiger partial charge in [0.05, 0.1) is 0 Å². The van der Waals surface area contributed by atoms with Crippen molar-refractivity contribution < 1.29 is 18.0 Å². The molecule has 0 aliphatic rings. The molecule has 0 aromatic heterocycles. The predicted octanol–water partition coefficient (Wildman–Crippen LogP) is 3.15. The molecule has 0 saturated heterocycles. The summed E-state index contributed by atoms with van der Waals surface area (Å²) in [6.45, 7) is 3.41. The van der Waals surface area contributed by atoms with E-state index in [1.807, 2.05) is 0 Å². The van der Waals surface area contributed by atoms with Crippen LogP contribution >= 0.6 is 0 Å². The van der Waals surface area contributed by atoms with Gasteiger partial charge in [-0.15, -0.1) is 0 Å². The maximum absolute atomic E-state index is 12.4. The van der Waals surface area contributed by atoms with E-state index >= 15 is 0 Å². The van der Waals surface area contributed by atoms with Gasteiger partial charge < -0.3 is 4.79 Å². The van der Waals surface area contributed by atoms with Crippen molar-refractivity contribution in [3.05, 3.63) is 34.9 Å². The standard InChI is InChI=1S/C11H11F3O/c1-7-3-8(2)5-9(4-7)10(6-15)11(12,13)14/h3-6,10H,1-2H3. The number of rotatable bonds is 2. The molecule has 0 N–H and O–H groups in total. The van der Waals surface area contributed by atoms with Crippen LogP contribution < -0.4 is 0 Å². The molecule has 1 aromatic carbocycles. The van der Waals surface area contributed by atoms with E-state index in [-0.39, 0.29) is 11.8 Å². The molecule has 0 bridgehead atoms. The third kappa shape index (κ3) is 2.81. The third-order valence-corrected chi connectivity index (χ3v) is 2.09. The smallest absolute Gasteiger partial charge is 0.302 e. The summed E-state index contributed by atoms with van der Waals surface area (Å²) in [7, 11) is 0. The number of carbonyl (C=O) groups excluding carboxylic acids is 1. The highest BCUT2D eigenvalue weighted by Gasteiger charge is 2.40. The quantitative estimate of drug-likeness (QED) is 0.694. The minimum absolute atomic E-state index is 0.00926. The fraction of sp³-hybridized carbons (Fsp3) is 0.364. The number of benzene rings is 1. The minimum atomic E-state index is -4.51. The lowest BCUT2D eigenvalue weighted by atomic mass is 9.96. The molecule has 1 atom stereocenters. The summed E-state index contributed by atoms with van der Waals surface area (Å²) in [6.07, 6.45) is -4.57. The number of carbonyl (C=O) groups is 1. The summed E-state index contributed by atoms with van der Waals surface area (Å²) in [5, 5.41) is 0. The summed E-state index contributed by atoms with van der Waals surface area (Å²) >= 11 is 0. The summed E-state index contributed by atoms with van der Waals surface area (Å²) in [4.78, 5) is 10.5. The lowest BCUT2D eigenvalue weighted by Gasteiger charge is -2.15. The zero-order valence-electron chi connectivity index (χ0n) is 8.43. The van der Waals surface area contributed by atoms with E-state index in [0.717, 1.165) is 11.1 Å². The van der Waals surface area contributed by atoms with Gasteiger partial charge in [0.25, 0.3) is 0 Å². The molecule has 4 heteroatoms. The molecule has 15 heavy (non-hydrogen) atoms. The molecule has 1 nitrogen and oxygen atoms in total. The molecule has 0 aliphatic carbocycles. The summed E-state index contributed by atoms with van der Waals surface area (Å²) in [5.41, 5.74) is 1.46. The Balaban J connectivity index is 3.18.